The molecule has 0 fully saturated rings. The minimum Gasteiger partial charge on any atom is -0.466 e. The molecule has 0 saturated carbocycles. The van der Waals surface area contributed by atoms with Gasteiger partial charge >= 0.3 is 5.97 Å². The van der Waals surface area contributed by atoms with E-state index in [1.165, 1.54) is 0 Å². The van der Waals surface area contributed by atoms with E-state index in [1.54, 1.807) is 0 Å². The van der Waals surface area contributed by atoms with E-state index in [1.807, 2.05) is 6.92 Å². The SMILES string of the molecule is CCCCCC(CN)(CC(C)C)C(=O)OCC. The Hall–Kier alpha value is -0.570. The van der Waals surface area contributed by atoms with Gasteiger partial charge in [-0.25, -0.2) is 0 Å². The predicted octanol–water partition coefficient (Wildman–Crippen LogP) is 3.12. The minimum atomic E-state index is -0.459. The Balaban J connectivity index is 4.67. The molecular formula is C14H29NO2. The van der Waals surface area contributed by atoms with E-state index in [0.717, 1.165) is 32.1 Å². The van der Waals surface area contributed by atoms with Crippen molar-refractivity contribution in [3.63, 3.8) is 0 Å². The van der Waals surface area contributed by atoms with Gasteiger partial charge < -0.3 is 10.5 Å². The fourth-order valence-electron chi connectivity index (χ4n) is 2.34. The second kappa shape index (κ2) is 8.51. The summed E-state index contributed by atoms with van der Waals surface area (Å²) in [5, 5.41) is 0. The molecule has 0 aromatic heterocycles. The maximum Gasteiger partial charge on any atom is 0.313 e. The molecule has 2 N–H and O–H groups in total. The second-order valence-electron chi connectivity index (χ2n) is 5.26. The van der Waals surface area contributed by atoms with E-state index < -0.39 is 5.41 Å². The number of nitrogens with two attached hydrogens (primary N) is 1. The first kappa shape index (κ1) is 16.4. The molecule has 3 nitrogen and oxygen atoms in total. The van der Waals surface area contributed by atoms with Crippen molar-refractivity contribution in [2.24, 2.45) is 17.1 Å². The lowest BCUT2D eigenvalue weighted by atomic mass is 9.76. The van der Waals surface area contributed by atoms with Crippen LogP contribution in [0.5, 0.6) is 0 Å². The number of carbonyl (C=O) groups excluding carboxylic acids is 1. The summed E-state index contributed by atoms with van der Waals surface area (Å²) in [7, 11) is 0. The Morgan fingerprint density at radius 1 is 1.29 bits per heavy atom. The molecule has 1 unspecified atom stereocenters. The minimum absolute atomic E-state index is 0.104. The number of hydrogen-bond donors (Lipinski definition) is 1. The van der Waals surface area contributed by atoms with E-state index in [4.69, 9.17) is 10.5 Å². The van der Waals surface area contributed by atoms with Crippen molar-refractivity contribution in [3.8, 4) is 0 Å². The molecule has 1 atom stereocenters. The fraction of sp³-hybridized carbons (Fsp3) is 0.929. The normalized spacial score (nSPS) is 14.7. The van der Waals surface area contributed by atoms with Crippen LogP contribution < -0.4 is 5.73 Å². The Morgan fingerprint density at radius 3 is 2.35 bits per heavy atom. The van der Waals surface area contributed by atoms with Gasteiger partial charge in [-0.1, -0.05) is 40.0 Å². The number of hydrogen-bond acceptors (Lipinski definition) is 3. The standard InChI is InChI=1S/C14H29NO2/c1-5-7-8-9-14(11-15,10-12(3)4)13(16)17-6-2/h12H,5-11,15H2,1-4H3. The van der Waals surface area contributed by atoms with Gasteiger partial charge in [0.25, 0.3) is 0 Å². The first-order chi connectivity index (χ1) is 8.02. The second-order valence-corrected chi connectivity index (χ2v) is 5.26. The van der Waals surface area contributed by atoms with Crippen LogP contribution in [-0.2, 0) is 9.53 Å². The van der Waals surface area contributed by atoms with E-state index >= 15 is 0 Å². The largest absolute Gasteiger partial charge is 0.466 e. The summed E-state index contributed by atoms with van der Waals surface area (Å²) in [6.45, 7) is 9.10. The monoisotopic (exact) mass is 243 g/mol. The smallest absolute Gasteiger partial charge is 0.313 e. The number of carbonyl (C=O) groups is 1. The fourth-order valence-corrected chi connectivity index (χ4v) is 2.34. The van der Waals surface area contributed by atoms with Crippen molar-refractivity contribution in [1.29, 1.82) is 0 Å². The van der Waals surface area contributed by atoms with Crippen LogP contribution in [0.4, 0.5) is 0 Å². The highest BCUT2D eigenvalue weighted by Crippen LogP contribution is 2.33. The number of unbranched alkanes of at least 4 members (excludes halogenated alkanes) is 2. The maximum absolute atomic E-state index is 12.1. The van der Waals surface area contributed by atoms with Gasteiger partial charge in [0.2, 0.25) is 0 Å². The van der Waals surface area contributed by atoms with Crippen LogP contribution in [0.2, 0.25) is 0 Å². The summed E-state index contributed by atoms with van der Waals surface area (Å²) >= 11 is 0. The molecule has 0 spiro atoms. The van der Waals surface area contributed by atoms with Gasteiger partial charge in [-0.2, -0.15) is 0 Å². The summed E-state index contributed by atoms with van der Waals surface area (Å²) in [4.78, 5) is 12.1. The molecule has 3 heteroatoms. The molecule has 17 heavy (non-hydrogen) atoms. The van der Waals surface area contributed by atoms with Crippen molar-refractivity contribution < 1.29 is 9.53 Å². The molecule has 0 amide bonds. The van der Waals surface area contributed by atoms with Crippen molar-refractivity contribution in [2.45, 2.75) is 59.8 Å². The Bertz CT molecular complexity index is 216. The summed E-state index contributed by atoms with van der Waals surface area (Å²) < 4.78 is 5.21. The number of esters is 1. The van der Waals surface area contributed by atoms with Gasteiger partial charge in [0, 0.05) is 6.54 Å². The Labute approximate surface area is 106 Å². The highest BCUT2D eigenvalue weighted by Gasteiger charge is 2.38. The molecule has 0 saturated heterocycles. The summed E-state index contributed by atoms with van der Waals surface area (Å²) in [6, 6.07) is 0. The molecule has 0 aliphatic carbocycles. The molecule has 102 valence electrons. The average Bonchev–Trinajstić information content (AvgIpc) is 2.27. The van der Waals surface area contributed by atoms with Crippen LogP contribution in [-0.4, -0.2) is 19.1 Å². The van der Waals surface area contributed by atoms with E-state index in [0.29, 0.717) is 19.1 Å². The van der Waals surface area contributed by atoms with E-state index in [-0.39, 0.29) is 5.97 Å². The molecule has 0 aliphatic heterocycles. The summed E-state index contributed by atoms with van der Waals surface area (Å²) in [5.41, 5.74) is 5.41. The molecule has 0 rings (SSSR count). The van der Waals surface area contributed by atoms with Gasteiger partial charge in [-0.3, -0.25) is 4.79 Å². The van der Waals surface area contributed by atoms with Crippen molar-refractivity contribution in [3.05, 3.63) is 0 Å². The molecule has 0 bridgehead atoms. The molecule has 0 aromatic rings. The lowest BCUT2D eigenvalue weighted by molar-refractivity contribution is -0.156. The van der Waals surface area contributed by atoms with Crippen LogP contribution in [0.1, 0.15) is 59.8 Å². The maximum atomic E-state index is 12.1. The molecule has 0 radical (unpaired) electrons. The first-order valence-electron chi connectivity index (χ1n) is 6.89. The zero-order valence-electron chi connectivity index (χ0n) is 11.9. The third-order valence-corrected chi connectivity index (χ3v) is 3.16. The average molecular weight is 243 g/mol. The van der Waals surface area contributed by atoms with Crippen LogP contribution in [0.25, 0.3) is 0 Å². The molecule has 0 aromatic carbocycles. The zero-order valence-corrected chi connectivity index (χ0v) is 11.9. The quantitative estimate of drug-likeness (QED) is 0.500. The van der Waals surface area contributed by atoms with Crippen molar-refractivity contribution in [1.82, 2.24) is 0 Å². The van der Waals surface area contributed by atoms with E-state index in [9.17, 15) is 4.79 Å². The third-order valence-electron chi connectivity index (χ3n) is 3.16. The number of rotatable bonds is 9. The highest BCUT2D eigenvalue weighted by molar-refractivity contribution is 5.77. The Kier molecular flexibility index (Phi) is 8.23. The van der Waals surface area contributed by atoms with Gasteiger partial charge in [-0.15, -0.1) is 0 Å². The van der Waals surface area contributed by atoms with Crippen molar-refractivity contribution >= 4 is 5.97 Å². The third kappa shape index (κ3) is 5.53. The van der Waals surface area contributed by atoms with E-state index in [2.05, 4.69) is 20.8 Å². The van der Waals surface area contributed by atoms with Gasteiger partial charge in [0.15, 0.2) is 0 Å². The topological polar surface area (TPSA) is 52.3 Å². The number of ether oxygens (including phenoxy) is 1. The van der Waals surface area contributed by atoms with Crippen LogP contribution in [0, 0.1) is 11.3 Å². The van der Waals surface area contributed by atoms with Crippen LogP contribution >= 0.6 is 0 Å². The zero-order chi connectivity index (χ0) is 13.3. The lowest BCUT2D eigenvalue weighted by Gasteiger charge is -2.31. The van der Waals surface area contributed by atoms with Gasteiger partial charge in [0.05, 0.1) is 12.0 Å². The molecule has 0 heterocycles. The summed E-state index contributed by atoms with van der Waals surface area (Å²) in [6.07, 6.45) is 5.05. The van der Waals surface area contributed by atoms with Gasteiger partial charge in [0.1, 0.15) is 0 Å². The van der Waals surface area contributed by atoms with Crippen molar-refractivity contribution in [2.75, 3.05) is 13.2 Å². The summed E-state index contributed by atoms with van der Waals surface area (Å²) in [5.74, 6) is 0.358. The van der Waals surface area contributed by atoms with Crippen LogP contribution in [0.3, 0.4) is 0 Å². The first-order valence-corrected chi connectivity index (χ1v) is 6.89. The highest BCUT2D eigenvalue weighted by atomic mass is 16.5. The Morgan fingerprint density at radius 2 is 1.94 bits per heavy atom. The molecular weight excluding hydrogens is 214 g/mol. The molecule has 0 aliphatic rings. The lowest BCUT2D eigenvalue weighted by Crippen LogP contribution is -2.41. The van der Waals surface area contributed by atoms with Crippen LogP contribution in [0.15, 0.2) is 0 Å². The van der Waals surface area contributed by atoms with Gasteiger partial charge in [-0.05, 0) is 25.7 Å². The predicted molar refractivity (Wildman–Crippen MR) is 71.7 cm³/mol.